The number of hydrogen-bond donors (Lipinski definition) is 2. The number of hydrazone groups is 1. The molecule has 0 spiro atoms. The third-order valence-electron chi connectivity index (χ3n) is 3.55. The second-order valence-electron chi connectivity index (χ2n) is 5.52. The lowest BCUT2D eigenvalue weighted by atomic mass is 10.1. The molecule has 0 aromatic heterocycles. The third kappa shape index (κ3) is 6.26. The van der Waals surface area contributed by atoms with Gasteiger partial charge in [-0.3, -0.25) is 5.43 Å². The van der Waals surface area contributed by atoms with Crippen LogP contribution in [0.1, 0.15) is 25.3 Å². The molecule has 1 fully saturated rings. The van der Waals surface area contributed by atoms with Crippen molar-refractivity contribution in [2.45, 2.75) is 32.2 Å². The third-order valence-corrected chi connectivity index (χ3v) is 3.82. The molecule has 1 heterocycles. The minimum atomic E-state index is -0.436. The lowest BCUT2D eigenvalue weighted by molar-refractivity contribution is -0.135. The number of ether oxygens (including phenoxy) is 2. The first kappa shape index (κ1) is 19.1. The number of alkyl carbamates (subject to hydrolysis) is 1. The van der Waals surface area contributed by atoms with Crippen molar-refractivity contribution in [3.63, 3.8) is 0 Å². The summed E-state index contributed by atoms with van der Waals surface area (Å²) < 4.78 is 9.86. The summed E-state index contributed by atoms with van der Waals surface area (Å²) in [7, 11) is 0. The molecule has 0 bridgehead atoms. The summed E-state index contributed by atoms with van der Waals surface area (Å²) in [4.78, 5) is 22.9. The molecule has 1 aliphatic heterocycles. The average Bonchev–Trinajstić information content (AvgIpc) is 3.01. The highest BCUT2D eigenvalue weighted by molar-refractivity contribution is 6.36. The molecule has 7 nitrogen and oxygen atoms in total. The summed E-state index contributed by atoms with van der Waals surface area (Å²) in [5, 5.41) is 6.89. The molecule has 1 atom stereocenters. The number of anilines is 1. The van der Waals surface area contributed by atoms with Crippen LogP contribution in [-0.2, 0) is 20.7 Å². The molecule has 0 saturated carbocycles. The van der Waals surface area contributed by atoms with E-state index in [4.69, 9.17) is 21.1 Å². The molecular weight excluding hydrogens is 346 g/mol. The van der Waals surface area contributed by atoms with E-state index in [2.05, 4.69) is 15.8 Å². The van der Waals surface area contributed by atoms with Gasteiger partial charge in [0.25, 0.3) is 0 Å². The fourth-order valence-corrected chi connectivity index (χ4v) is 2.45. The van der Waals surface area contributed by atoms with E-state index in [0.717, 1.165) is 11.3 Å². The van der Waals surface area contributed by atoms with Crippen LogP contribution in [0.25, 0.3) is 0 Å². The van der Waals surface area contributed by atoms with Crippen LogP contribution in [0.2, 0.25) is 0 Å². The van der Waals surface area contributed by atoms with E-state index in [9.17, 15) is 9.59 Å². The number of carbonyl (C=O) groups is 2. The number of nitrogens with zero attached hydrogens (tertiary/aromatic N) is 1. The highest BCUT2D eigenvalue weighted by Crippen LogP contribution is 2.13. The smallest absolute Gasteiger partial charge is 0.407 e. The van der Waals surface area contributed by atoms with E-state index < -0.39 is 5.97 Å². The number of hydrogen-bond acceptors (Lipinski definition) is 6. The van der Waals surface area contributed by atoms with Crippen LogP contribution >= 0.6 is 11.6 Å². The summed E-state index contributed by atoms with van der Waals surface area (Å²) in [6.07, 6.45) is 1.42. The Morgan fingerprint density at radius 2 is 2.20 bits per heavy atom. The first-order valence-electron chi connectivity index (χ1n) is 8.20. The van der Waals surface area contributed by atoms with Crippen molar-refractivity contribution in [1.82, 2.24) is 5.32 Å². The number of rotatable bonds is 9. The van der Waals surface area contributed by atoms with Gasteiger partial charge in [-0.25, -0.2) is 9.59 Å². The van der Waals surface area contributed by atoms with Crippen molar-refractivity contribution in [2.24, 2.45) is 5.10 Å². The number of halogens is 1. The number of amides is 1. The largest absolute Gasteiger partial charge is 0.461 e. The summed E-state index contributed by atoms with van der Waals surface area (Å²) in [5.74, 6) is 0.0165. The van der Waals surface area contributed by atoms with Crippen molar-refractivity contribution < 1.29 is 19.1 Å². The number of benzene rings is 1. The lowest BCUT2D eigenvalue weighted by Crippen LogP contribution is -2.28. The fourth-order valence-electron chi connectivity index (χ4n) is 2.32. The van der Waals surface area contributed by atoms with E-state index >= 15 is 0 Å². The SMILES string of the molecule is CCOC(=O)/C(CCCCl)=N/Nc1ccc(CC2COC(=O)N2)cc1. The first-order valence-corrected chi connectivity index (χ1v) is 8.73. The van der Waals surface area contributed by atoms with Crippen LogP contribution in [0.15, 0.2) is 29.4 Å². The Morgan fingerprint density at radius 1 is 1.44 bits per heavy atom. The Labute approximate surface area is 151 Å². The van der Waals surface area contributed by atoms with Crippen molar-refractivity contribution in [3.8, 4) is 0 Å². The Kier molecular flexibility index (Phi) is 7.53. The van der Waals surface area contributed by atoms with E-state index in [1.807, 2.05) is 24.3 Å². The van der Waals surface area contributed by atoms with Gasteiger partial charge in [0.05, 0.1) is 18.3 Å². The highest BCUT2D eigenvalue weighted by atomic mass is 35.5. The van der Waals surface area contributed by atoms with Gasteiger partial charge < -0.3 is 14.8 Å². The first-order chi connectivity index (χ1) is 12.1. The van der Waals surface area contributed by atoms with Gasteiger partial charge in [0.15, 0.2) is 0 Å². The Bertz CT molecular complexity index is 619. The number of nitrogens with one attached hydrogen (secondary N) is 2. The van der Waals surface area contributed by atoms with Crippen molar-refractivity contribution in [2.75, 3.05) is 24.5 Å². The summed E-state index contributed by atoms with van der Waals surface area (Å²) >= 11 is 5.68. The van der Waals surface area contributed by atoms with Gasteiger partial charge in [-0.1, -0.05) is 12.1 Å². The molecule has 1 aromatic rings. The molecular formula is C17H22ClN3O4. The minimum absolute atomic E-state index is 0.00435. The van der Waals surface area contributed by atoms with Crippen molar-refractivity contribution >= 4 is 35.1 Å². The summed E-state index contributed by atoms with van der Waals surface area (Å²) in [6, 6.07) is 7.59. The normalized spacial score (nSPS) is 17.0. The van der Waals surface area contributed by atoms with Gasteiger partial charge in [-0.05, 0) is 43.9 Å². The predicted molar refractivity (Wildman–Crippen MR) is 96.1 cm³/mol. The minimum Gasteiger partial charge on any atom is -0.461 e. The Balaban J connectivity index is 1.93. The van der Waals surface area contributed by atoms with Crippen LogP contribution in [0.5, 0.6) is 0 Å². The lowest BCUT2D eigenvalue weighted by Gasteiger charge is -2.09. The average molecular weight is 368 g/mol. The maximum Gasteiger partial charge on any atom is 0.407 e. The standard InChI is InChI=1S/C17H22ClN3O4/c1-2-24-16(22)15(4-3-9-18)21-20-13-7-5-12(6-8-13)10-14-11-25-17(23)19-14/h5-8,14,20H,2-4,9-11H2,1H3,(H,19,23)/b21-15+. The monoisotopic (exact) mass is 367 g/mol. The molecule has 2 rings (SSSR count). The Hall–Kier alpha value is -2.28. The molecule has 1 amide bonds. The maximum atomic E-state index is 11.9. The quantitative estimate of drug-likeness (QED) is 0.303. The second kappa shape index (κ2) is 9.88. The van der Waals surface area contributed by atoms with E-state index in [1.54, 1.807) is 6.92 Å². The van der Waals surface area contributed by atoms with Gasteiger partial charge in [0.1, 0.15) is 12.3 Å². The van der Waals surface area contributed by atoms with Crippen LogP contribution in [0, 0.1) is 0 Å². The van der Waals surface area contributed by atoms with Crippen LogP contribution < -0.4 is 10.7 Å². The fraction of sp³-hybridized carbons (Fsp3) is 0.471. The number of esters is 1. The molecule has 0 aliphatic carbocycles. The zero-order chi connectivity index (χ0) is 18.1. The molecule has 0 radical (unpaired) electrons. The molecule has 1 aliphatic rings. The van der Waals surface area contributed by atoms with Gasteiger partial charge in [-0.2, -0.15) is 5.10 Å². The number of alkyl halides is 1. The van der Waals surface area contributed by atoms with E-state index in [1.165, 1.54) is 0 Å². The zero-order valence-corrected chi connectivity index (χ0v) is 14.8. The summed E-state index contributed by atoms with van der Waals surface area (Å²) in [6.45, 7) is 2.43. The Morgan fingerprint density at radius 3 is 2.80 bits per heavy atom. The number of cyclic esters (lactones) is 1. The van der Waals surface area contributed by atoms with E-state index in [0.29, 0.717) is 44.1 Å². The van der Waals surface area contributed by atoms with Gasteiger partial charge >= 0.3 is 12.1 Å². The van der Waals surface area contributed by atoms with Gasteiger partial charge in [-0.15, -0.1) is 11.6 Å². The molecule has 8 heteroatoms. The van der Waals surface area contributed by atoms with E-state index in [-0.39, 0.29) is 12.1 Å². The molecule has 1 unspecified atom stereocenters. The van der Waals surface area contributed by atoms with Crippen LogP contribution in [0.4, 0.5) is 10.5 Å². The van der Waals surface area contributed by atoms with Crippen molar-refractivity contribution in [3.05, 3.63) is 29.8 Å². The highest BCUT2D eigenvalue weighted by Gasteiger charge is 2.22. The predicted octanol–water partition coefficient (Wildman–Crippen LogP) is 2.69. The summed E-state index contributed by atoms with van der Waals surface area (Å²) in [5.41, 5.74) is 5.01. The maximum absolute atomic E-state index is 11.9. The molecule has 136 valence electrons. The van der Waals surface area contributed by atoms with Gasteiger partial charge in [0.2, 0.25) is 0 Å². The second-order valence-corrected chi connectivity index (χ2v) is 5.90. The zero-order valence-electron chi connectivity index (χ0n) is 14.1. The van der Waals surface area contributed by atoms with Gasteiger partial charge in [0, 0.05) is 5.88 Å². The van der Waals surface area contributed by atoms with Crippen molar-refractivity contribution in [1.29, 1.82) is 0 Å². The molecule has 1 aromatic carbocycles. The number of carbonyl (C=O) groups excluding carboxylic acids is 2. The van der Waals surface area contributed by atoms with Crippen LogP contribution in [0.3, 0.4) is 0 Å². The molecule has 2 N–H and O–H groups in total. The van der Waals surface area contributed by atoms with Crippen LogP contribution in [-0.4, -0.2) is 42.9 Å². The topological polar surface area (TPSA) is 89.0 Å². The molecule has 25 heavy (non-hydrogen) atoms. The molecule has 1 saturated heterocycles.